The van der Waals surface area contributed by atoms with Gasteiger partial charge in [-0.15, -0.1) is 0 Å². The van der Waals surface area contributed by atoms with Crippen LogP contribution in [0, 0.1) is 6.92 Å². The van der Waals surface area contributed by atoms with Gasteiger partial charge in [-0.2, -0.15) is 0 Å². The Morgan fingerprint density at radius 3 is 2.46 bits per heavy atom. The summed E-state index contributed by atoms with van der Waals surface area (Å²) in [5.41, 5.74) is 3.65. The van der Waals surface area contributed by atoms with Crippen molar-refractivity contribution in [2.75, 3.05) is 5.32 Å². The Morgan fingerprint density at radius 1 is 1.08 bits per heavy atom. The fourth-order valence-electron chi connectivity index (χ4n) is 3.31. The third-order valence-corrected chi connectivity index (χ3v) is 5.02. The zero-order valence-electron chi connectivity index (χ0n) is 15.4. The number of hydrogen-bond acceptors (Lipinski definition) is 3. The lowest BCUT2D eigenvalue weighted by molar-refractivity contribution is 0.584. The number of hydrogen-bond donors (Lipinski definition) is 2. The summed E-state index contributed by atoms with van der Waals surface area (Å²) in [5.74, 6) is 1.59. The van der Waals surface area contributed by atoms with E-state index in [4.69, 9.17) is 23.2 Å². The highest BCUT2D eigenvalue weighted by Gasteiger charge is 2.17. The molecule has 0 radical (unpaired) electrons. The number of fused-ring (bicyclic) bond motifs is 1. The average Bonchev–Trinajstić information content (AvgIpc) is 2.99. The molecule has 1 aromatic carbocycles. The second kappa shape index (κ2) is 8.28. The molecule has 3 aromatic rings. The number of aromatic amines is 1. The Kier molecular flexibility index (Phi) is 6.05. The molecule has 0 atom stereocenters. The van der Waals surface area contributed by atoms with E-state index in [1.165, 1.54) is 0 Å². The monoisotopic (exact) mass is 390 g/mol. The summed E-state index contributed by atoms with van der Waals surface area (Å²) < 4.78 is 0. The molecule has 138 valence electrons. The van der Waals surface area contributed by atoms with Crippen LogP contribution >= 0.6 is 23.2 Å². The maximum Gasteiger partial charge on any atom is 0.154 e. The Bertz CT molecular complexity index is 898. The molecule has 3 rings (SSSR count). The van der Waals surface area contributed by atoms with Crippen LogP contribution in [0.4, 0.5) is 5.82 Å². The molecule has 26 heavy (non-hydrogen) atoms. The number of halogens is 2. The smallest absolute Gasteiger partial charge is 0.154 e. The molecular formula is C20H24Cl2N4. The fourth-order valence-corrected chi connectivity index (χ4v) is 3.82. The zero-order valence-corrected chi connectivity index (χ0v) is 16.9. The minimum Gasteiger partial charge on any atom is -0.365 e. The maximum atomic E-state index is 6.41. The van der Waals surface area contributed by atoms with Crippen molar-refractivity contribution in [3.63, 3.8) is 0 Å². The van der Waals surface area contributed by atoms with Gasteiger partial charge in [0.2, 0.25) is 0 Å². The van der Waals surface area contributed by atoms with Crippen LogP contribution in [0.25, 0.3) is 22.2 Å². The highest BCUT2D eigenvalue weighted by molar-refractivity contribution is 6.36. The van der Waals surface area contributed by atoms with Gasteiger partial charge in [0, 0.05) is 28.4 Å². The van der Waals surface area contributed by atoms with Crippen LogP contribution in [-0.4, -0.2) is 21.0 Å². The van der Waals surface area contributed by atoms with Gasteiger partial charge in [0.25, 0.3) is 0 Å². The van der Waals surface area contributed by atoms with Crippen LogP contribution in [0.5, 0.6) is 0 Å². The molecule has 0 aliphatic carbocycles. The molecule has 2 aromatic heterocycles. The van der Waals surface area contributed by atoms with E-state index in [9.17, 15) is 0 Å². The number of rotatable bonds is 7. The van der Waals surface area contributed by atoms with E-state index in [1.54, 1.807) is 6.07 Å². The van der Waals surface area contributed by atoms with Gasteiger partial charge in [0.1, 0.15) is 16.9 Å². The minimum atomic E-state index is 0.411. The Morgan fingerprint density at radius 2 is 1.81 bits per heavy atom. The predicted molar refractivity (Wildman–Crippen MR) is 111 cm³/mol. The topological polar surface area (TPSA) is 53.6 Å². The van der Waals surface area contributed by atoms with Gasteiger partial charge in [-0.3, -0.25) is 0 Å². The molecule has 4 nitrogen and oxygen atoms in total. The first-order chi connectivity index (χ1) is 12.5. The molecule has 2 heterocycles. The van der Waals surface area contributed by atoms with E-state index >= 15 is 0 Å². The lowest BCUT2D eigenvalue weighted by Crippen LogP contribution is -2.20. The van der Waals surface area contributed by atoms with Gasteiger partial charge in [-0.25, -0.2) is 9.97 Å². The third kappa shape index (κ3) is 3.97. The molecule has 0 unspecified atom stereocenters. The van der Waals surface area contributed by atoms with Gasteiger partial charge in [0.15, 0.2) is 5.82 Å². The predicted octanol–water partition coefficient (Wildman–Crippen LogP) is 6.62. The summed E-state index contributed by atoms with van der Waals surface area (Å²) in [7, 11) is 0. The summed E-state index contributed by atoms with van der Waals surface area (Å²) in [6, 6.07) is 5.93. The molecule has 2 N–H and O–H groups in total. The zero-order chi connectivity index (χ0) is 18.7. The SMILES string of the molecule is CCCC(CCC)Nc1nc(C)nc2c(-c3ccc(Cl)cc3Cl)c[nH]c12. The Balaban J connectivity index is 2.06. The summed E-state index contributed by atoms with van der Waals surface area (Å²) in [5, 5.41) is 4.85. The molecule has 0 saturated carbocycles. The molecule has 0 bridgehead atoms. The number of nitrogens with one attached hydrogen (secondary N) is 2. The van der Waals surface area contributed by atoms with Gasteiger partial charge in [0.05, 0.1) is 5.02 Å². The van der Waals surface area contributed by atoms with Crippen LogP contribution in [0.2, 0.25) is 10.0 Å². The van der Waals surface area contributed by atoms with Crippen molar-refractivity contribution in [3.05, 3.63) is 40.3 Å². The minimum absolute atomic E-state index is 0.411. The first-order valence-electron chi connectivity index (χ1n) is 9.11. The van der Waals surface area contributed by atoms with E-state index in [2.05, 4.69) is 34.1 Å². The van der Waals surface area contributed by atoms with Crippen molar-refractivity contribution in [1.82, 2.24) is 15.0 Å². The number of benzene rings is 1. The highest BCUT2D eigenvalue weighted by atomic mass is 35.5. The third-order valence-electron chi connectivity index (χ3n) is 4.47. The van der Waals surface area contributed by atoms with Gasteiger partial charge >= 0.3 is 0 Å². The van der Waals surface area contributed by atoms with Gasteiger partial charge in [-0.05, 0) is 31.9 Å². The quantitative estimate of drug-likeness (QED) is 0.476. The average molecular weight is 391 g/mol. The molecule has 0 aliphatic rings. The van der Waals surface area contributed by atoms with Gasteiger partial charge in [-0.1, -0.05) is 56.0 Å². The summed E-state index contributed by atoms with van der Waals surface area (Å²) in [6.45, 7) is 6.33. The second-order valence-electron chi connectivity index (χ2n) is 6.59. The van der Waals surface area contributed by atoms with Crippen LogP contribution < -0.4 is 5.32 Å². The van der Waals surface area contributed by atoms with Gasteiger partial charge < -0.3 is 10.3 Å². The van der Waals surface area contributed by atoms with E-state index in [1.807, 2.05) is 25.3 Å². The van der Waals surface area contributed by atoms with Crippen molar-refractivity contribution < 1.29 is 0 Å². The Hall–Kier alpha value is -1.78. The van der Waals surface area contributed by atoms with Crippen molar-refractivity contribution in [1.29, 1.82) is 0 Å². The lowest BCUT2D eigenvalue weighted by Gasteiger charge is -2.18. The van der Waals surface area contributed by atoms with E-state index in [-0.39, 0.29) is 0 Å². The maximum absolute atomic E-state index is 6.41. The summed E-state index contributed by atoms with van der Waals surface area (Å²) in [6.07, 6.45) is 6.46. The van der Waals surface area contributed by atoms with Crippen molar-refractivity contribution in [3.8, 4) is 11.1 Å². The van der Waals surface area contributed by atoms with Crippen molar-refractivity contribution in [2.24, 2.45) is 0 Å². The van der Waals surface area contributed by atoms with E-state index in [0.29, 0.717) is 16.1 Å². The largest absolute Gasteiger partial charge is 0.365 e. The molecule has 0 spiro atoms. The first kappa shape index (κ1) is 19.0. The highest BCUT2D eigenvalue weighted by Crippen LogP contribution is 2.36. The van der Waals surface area contributed by atoms with Crippen molar-refractivity contribution in [2.45, 2.75) is 52.5 Å². The van der Waals surface area contributed by atoms with Crippen LogP contribution in [0.1, 0.15) is 45.4 Å². The number of anilines is 1. The first-order valence-corrected chi connectivity index (χ1v) is 9.86. The molecular weight excluding hydrogens is 367 g/mol. The lowest BCUT2D eigenvalue weighted by atomic mass is 10.1. The summed E-state index contributed by atoms with van der Waals surface area (Å²) >= 11 is 12.4. The fraction of sp³-hybridized carbons (Fsp3) is 0.400. The standard InChI is InChI=1S/C20H24Cl2N4/c1-4-6-14(7-5-2)26-20-19-18(24-12(3)25-20)16(11-23-19)15-9-8-13(21)10-17(15)22/h8-11,14,23H,4-7H2,1-3H3,(H,24,25,26). The van der Waals surface area contributed by atoms with Crippen LogP contribution in [0.3, 0.4) is 0 Å². The van der Waals surface area contributed by atoms with E-state index < -0.39 is 0 Å². The van der Waals surface area contributed by atoms with Crippen LogP contribution in [-0.2, 0) is 0 Å². The van der Waals surface area contributed by atoms with Crippen LogP contribution in [0.15, 0.2) is 24.4 Å². The second-order valence-corrected chi connectivity index (χ2v) is 7.43. The molecule has 0 aliphatic heterocycles. The number of aryl methyl sites for hydroxylation is 1. The summed E-state index contributed by atoms with van der Waals surface area (Å²) in [4.78, 5) is 12.6. The molecule has 6 heteroatoms. The van der Waals surface area contributed by atoms with E-state index in [0.717, 1.165) is 59.5 Å². The molecule has 0 saturated heterocycles. The molecule has 0 amide bonds. The number of aromatic nitrogens is 3. The normalized spacial score (nSPS) is 11.5. The number of nitrogens with zero attached hydrogens (tertiary/aromatic N) is 2. The Labute approximate surface area is 164 Å². The molecule has 0 fully saturated rings. The number of H-pyrrole nitrogens is 1. The van der Waals surface area contributed by atoms with Crippen molar-refractivity contribution >= 4 is 40.1 Å².